The molecule has 2 aliphatic heterocycles. The maximum Gasteiger partial charge on any atom is 0.137 e. The van der Waals surface area contributed by atoms with Gasteiger partial charge in [-0.3, -0.25) is 0 Å². The number of fused-ring (bicyclic) bond motifs is 7. The number of anilines is 1. The third-order valence-electron chi connectivity index (χ3n) is 8.65. The zero-order chi connectivity index (χ0) is 29.0. The Morgan fingerprint density at radius 2 is 1.64 bits per heavy atom. The Bertz CT molecular complexity index is 1810. The topological polar surface area (TPSA) is 48.8 Å². The summed E-state index contributed by atoms with van der Waals surface area (Å²) in [6.07, 6.45) is 2.05. The largest absolute Gasteiger partial charge is 0.507 e. The van der Waals surface area contributed by atoms with Gasteiger partial charge >= 0.3 is 0 Å². The lowest BCUT2D eigenvalue weighted by Gasteiger charge is -2.45. The third-order valence-corrected chi connectivity index (χ3v) is 10.2. The molecule has 0 radical (unpaired) electrons. The Balaban J connectivity index is 1.53. The predicted octanol–water partition coefficient (Wildman–Crippen LogP) is 8.70. The van der Waals surface area contributed by atoms with E-state index in [0.717, 1.165) is 86.4 Å². The molecule has 0 saturated carbocycles. The van der Waals surface area contributed by atoms with Gasteiger partial charge in [0.05, 0.1) is 15.8 Å². The lowest BCUT2D eigenvalue weighted by molar-refractivity contribution is 0.255. The lowest BCUT2D eigenvalue weighted by atomic mass is 9.74. The summed E-state index contributed by atoms with van der Waals surface area (Å²) in [5.41, 5.74) is 6.29. The van der Waals surface area contributed by atoms with E-state index in [0.29, 0.717) is 11.3 Å². The van der Waals surface area contributed by atoms with Crippen LogP contribution in [0.25, 0.3) is 20.8 Å². The molecule has 7 heteroatoms. The number of aromatic nitrogens is 1. The summed E-state index contributed by atoms with van der Waals surface area (Å²) in [4.78, 5) is 10.5. The number of unbranched alkanes of at least 4 members (excludes halogenated alkanes) is 1. The number of hydrogen-bond donors (Lipinski definition) is 1. The van der Waals surface area contributed by atoms with Gasteiger partial charge in [-0.1, -0.05) is 68.0 Å². The molecule has 0 amide bonds. The average molecular weight is 592 g/mol. The number of rotatable bonds is 7. The van der Waals surface area contributed by atoms with E-state index in [1.54, 1.807) is 17.4 Å². The second-order valence-electron chi connectivity index (χ2n) is 10.9. The number of phenolic OH excluding ortho intramolecular Hbond substituents is 1. The van der Waals surface area contributed by atoms with Crippen molar-refractivity contribution in [3.05, 3.63) is 101 Å². The molecule has 0 saturated heterocycles. The Morgan fingerprint density at radius 3 is 2.43 bits per heavy atom. The summed E-state index contributed by atoms with van der Waals surface area (Å²) in [5, 5.41) is 12.2. The molecule has 1 atom stereocenters. The number of thiazole rings is 1. The van der Waals surface area contributed by atoms with E-state index in [2.05, 4.69) is 85.2 Å². The molecule has 4 aromatic carbocycles. The molecule has 2 aliphatic rings. The molecule has 5 nitrogen and oxygen atoms in total. The number of aromatic hydroxyl groups is 1. The van der Waals surface area contributed by atoms with Crippen LogP contribution in [-0.4, -0.2) is 39.6 Å². The van der Waals surface area contributed by atoms with Crippen LogP contribution in [0.2, 0.25) is 0 Å². The second kappa shape index (κ2) is 10.4. The van der Waals surface area contributed by atoms with Crippen LogP contribution in [0.15, 0.2) is 78.9 Å². The summed E-state index contributed by atoms with van der Waals surface area (Å²) in [6.45, 7) is 9.15. The molecule has 0 bridgehead atoms. The fourth-order valence-electron chi connectivity index (χ4n) is 6.63. The number of hydrogen-bond acceptors (Lipinski definition) is 6. The number of nitrogens with zero attached hydrogens (tertiary/aromatic N) is 3. The van der Waals surface area contributed by atoms with Gasteiger partial charge in [0.2, 0.25) is 0 Å². The highest BCUT2D eigenvalue weighted by atomic mass is 32.1. The van der Waals surface area contributed by atoms with Crippen LogP contribution in [0, 0.1) is 0 Å². The molecule has 7 rings (SSSR count). The van der Waals surface area contributed by atoms with Crippen LogP contribution < -0.4 is 9.64 Å². The van der Waals surface area contributed by atoms with Crippen molar-refractivity contribution in [2.45, 2.75) is 39.2 Å². The minimum absolute atomic E-state index is 0.153. The van der Waals surface area contributed by atoms with Crippen molar-refractivity contribution in [3.8, 4) is 27.8 Å². The van der Waals surface area contributed by atoms with Crippen LogP contribution in [-0.2, 0) is 5.54 Å². The molecule has 1 N–H and O–H groups in total. The zero-order valence-electron chi connectivity index (χ0n) is 24.1. The van der Waals surface area contributed by atoms with E-state index in [1.165, 1.54) is 0 Å². The van der Waals surface area contributed by atoms with E-state index in [1.807, 2.05) is 18.2 Å². The van der Waals surface area contributed by atoms with E-state index in [9.17, 15) is 5.11 Å². The fourth-order valence-corrected chi connectivity index (χ4v) is 8.03. The van der Waals surface area contributed by atoms with Crippen LogP contribution in [0.4, 0.5) is 5.69 Å². The number of ether oxygens (including phenoxy) is 1. The Hall–Kier alpha value is -3.94. The van der Waals surface area contributed by atoms with Gasteiger partial charge < -0.3 is 19.6 Å². The van der Waals surface area contributed by atoms with Gasteiger partial charge in [0.25, 0.3) is 0 Å². The predicted molar refractivity (Wildman–Crippen MR) is 176 cm³/mol. The number of para-hydroxylation sites is 1. The van der Waals surface area contributed by atoms with Crippen molar-refractivity contribution < 1.29 is 9.84 Å². The SMILES string of the molecule is CCCCN1C(=S)c2ccccc2C12c1ccc(N(CC)CC)cc1Oc1cc(O)c(-c3nc4ccccc4s3)cc12. The Morgan fingerprint density at radius 1 is 0.881 bits per heavy atom. The van der Waals surface area contributed by atoms with Gasteiger partial charge in [0.1, 0.15) is 32.8 Å². The van der Waals surface area contributed by atoms with Gasteiger partial charge in [-0.25, -0.2) is 4.98 Å². The summed E-state index contributed by atoms with van der Waals surface area (Å²) < 4.78 is 7.79. The van der Waals surface area contributed by atoms with Gasteiger partial charge in [0.15, 0.2) is 0 Å². The summed E-state index contributed by atoms with van der Waals surface area (Å²) in [5.74, 6) is 1.59. The standard InChI is InChI=1S/C35H33N3O2S2/c1-4-7-18-38-34(41)23-12-8-9-13-25(23)35(38)26-17-16-22(37(5-2)6-3)19-30(26)40-31-21-29(39)24(20-27(31)35)33-36-28-14-10-11-15-32(28)42-33/h8-17,19-21,39H,4-7,18H2,1-3H3. The average Bonchev–Trinajstić information content (AvgIpc) is 3.54. The minimum Gasteiger partial charge on any atom is -0.507 e. The van der Waals surface area contributed by atoms with Gasteiger partial charge in [-0.05, 0) is 50.1 Å². The quantitative estimate of drug-likeness (QED) is 0.191. The molecular weight excluding hydrogens is 559 g/mol. The van der Waals surface area contributed by atoms with E-state index in [4.69, 9.17) is 21.9 Å². The van der Waals surface area contributed by atoms with Gasteiger partial charge in [-0.2, -0.15) is 0 Å². The Labute approximate surface area is 256 Å². The molecular formula is C35H33N3O2S2. The smallest absolute Gasteiger partial charge is 0.137 e. The van der Waals surface area contributed by atoms with Gasteiger partial charge in [-0.15, -0.1) is 11.3 Å². The van der Waals surface area contributed by atoms with Crippen molar-refractivity contribution in [2.75, 3.05) is 24.5 Å². The molecule has 1 aromatic heterocycles. The van der Waals surface area contributed by atoms with Crippen molar-refractivity contribution in [3.63, 3.8) is 0 Å². The normalized spacial score (nSPS) is 16.8. The molecule has 0 fully saturated rings. The first-order valence-corrected chi connectivity index (χ1v) is 16.0. The van der Waals surface area contributed by atoms with Crippen LogP contribution in [0.1, 0.15) is 55.9 Å². The van der Waals surface area contributed by atoms with Crippen LogP contribution in [0.3, 0.4) is 0 Å². The number of phenols is 1. The monoisotopic (exact) mass is 591 g/mol. The molecule has 1 unspecified atom stereocenters. The van der Waals surface area contributed by atoms with Crippen molar-refractivity contribution in [1.29, 1.82) is 0 Å². The van der Waals surface area contributed by atoms with Gasteiger partial charge in [0, 0.05) is 54.1 Å². The van der Waals surface area contributed by atoms with E-state index < -0.39 is 5.54 Å². The highest BCUT2D eigenvalue weighted by Crippen LogP contribution is 2.59. The first kappa shape index (κ1) is 26.9. The molecule has 5 aromatic rings. The highest BCUT2D eigenvalue weighted by Gasteiger charge is 2.54. The second-order valence-corrected chi connectivity index (χ2v) is 12.3. The number of thiocarbonyl (C=S) groups is 1. The summed E-state index contributed by atoms with van der Waals surface area (Å²) in [7, 11) is 0. The number of benzene rings is 4. The van der Waals surface area contributed by atoms with Crippen molar-refractivity contribution >= 4 is 44.4 Å². The fraction of sp³-hybridized carbons (Fsp3) is 0.257. The van der Waals surface area contributed by atoms with E-state index in [-0.39, 0.29) is 5.75 Å². The Kier molecular flexibility index (Phi) is 6.67. The van der Waals surface area contributed by atoms with Crippen LogP contribution >= 0.6 is 23.6 Å². The first-order chi connectivity index (χ1) is 20.5. The maximum absolute atomic E-state index is 11.4. The molecule has 0 aliphatic carbocycles. The summed E-state index contributed by atoms with van der Waals surface area (Å²) >= 11 is 7.82. The molecule has 42 heavy (non-hydrogen) atoms. The lowest BCUT2D eigenvalue weighted by Crippen LogP contribution is -2.47. The summed E-state index contributed by atoms with van der Waals surface area (Å²) in [6, 6.07) is 27.0. The molecule has 1 spiro atoms. The van der Waals surface area contributed by atoms with Crippen molar-refractivity contribution in [2.24, 2.45) is 0 Å². The first-order valence-electron chi connectivity index (χ1n) is 14.7. The maximum atomic E-state index is 11.4. The zero-order valence-corrected chi connectivity index (χ0v) is 25.7. The third kappa shape index (κ3) is 3.87. The van der Waals surface area contributed by atoms with Crippen LogP contribution in [0.5, 0.6) is 17.2 Å². The highest BCUT2D eigenvalue weighted by molar-refractivity contribution is 7.80. The van der Waals surface area contributed by atoms with Crippen molar-refractivity contribution in [1.82, 2.24) is 9.88 Å². The molecule has 212 valence electrons. The molecule has 3 heterocycles. The minimum atomic E-state index is -0.702. The van der Waals surface area contributed by atoms with E-state index >= 15 is 0 Å².